The third-order valence-corrected chi connectivity index (χ3v) is 2.96. The van der Waals surface area contributed by atoms with Gasteiger partial charge in [-0.3, -0.25) is 0 Å². The number of aryl methyl sites for hydroxylation is 2. The van der Waals surface area contributed by atoms with E-state index in [4.69, 9.17) is 15.3 Å². The predicted octanol–water partition coefficient (Wildman–Crippen LogP) is 3.02. The highest BCUT2D eigenvalue weighted by molar-refractivity contribution is 5.47. The Morgan fingerprint density at radius 1 is 1.15 bits per heavy atom. The number of pyridine rings is 1. The highest BCUT2D eigenvalue weighted by atomic mass is 16.5. The van der Waals surface area contributed by atoms with Crippen LogP contribution >= 0.6 is 0 Å². The topological polar surface area (TPSA) is 69.7 Å². The van der Waals surface area contributed by atoms with E-state index in [2.05, 4.69) is 11.1 Å². The molecular formula is C16H13N3O. The molecule has 0 aliphatic heterocycles. The van der Waals surface area contributed by atoms with Gasteiger partial charge in [0.25, 0.3) is 0 Å². The van der Waals surface area contributed by atoms with Gasteiger partial charge in [-0.05, 0) is 43.2 Å². The molecule has 2 rings (SSSR count). The van der Waals surface area contributed by atoms with E-state index in [-0.39, 0.29) is 6.61 Å². The number of nitrogens with zero attached hydrogens (tertiary/aromatic N) is 3. The number of ether oxygens (including phenoxy) is 1. The Hall–Kier alpha value is -2.85. The lowest BCUT2D eigenvalue weighted by Gasteiger charge is -2.13. The first-order chi connectivity index (χ1) is 9.65. The first kappa shape index (κ1) is 13.6. The summed E-state index contributed by atoms with van der Waals surface area (Å²) in [6.07, 6.45) is 1.58. The van der Waals surface area contributed by atoms with Crippen LogP contribution in [0.15, 0.2) is 30.5 Å². The predicted molar refractivity (Wildman–Crippen MR) is 73.9 cm³/mol. The molecule has 1 aromatic heterocycles. The summed E-state index contributed by atoms with van der Waals surface area (Å²) < 4.78 is 5.80. The Bertz CT molecular complexity index is 700. The van der Waals surface area contributed by atoms with Gasteiger partial charge in [-0.15, -0.1) is 0 Å². The molecule has 4 heteroatoms. The molecule has 0 saturated carbocycles. The van der Waals surface area contributed by atoms with Crippen LogP contribution in [0.1, 0.15) is 27.9 Å². The number of aromatic nitrogens is 1. The van der Waals surface area contributed by atoms with Gasteiger partial charge in [0.05, 0.1) is 11.6 Å². The van der Waals surface area contributed by atoms with Gasteiger partial charge in [0.1, 0.15) is 24.1 Å². The Morgan fingerprint density at radius 3 is 2.45 bits per heavy atom. The van der Waals surface area contributed by atoms with E-state index in [0.717, 1.165) is 22.4 Å². The van der Waals surface area contributed by atoms with Crippen molar-refractivity contribution in [2.45, 2.75) is 20.5 Å². The molecule has 4 nitrogen and oxygen atoms in total. The zero-order chi connectivity index (χ0) is 14.5. The molecule has 0 bridgehead atoms. The fraction of sp³-hybridized carbons (Fsp3) is 0.188. The minimum absolute atomic E-state index is 0.282. The second-order valence-corrected chi connectivity index (χ2v) is 4.46. The summed E-state index contributed by atoms with van der Waals surface area (Å²) in [6, 6.07) is 11.3. The lowest BCUT2D eigenvalue weighted by molar-refractivity contribution is 0.301. The standard InChI is InChI=1S/C16H13N3O/c1-11-6-13(8-17)7-12(2)16(11)20-10-14-4-3-5-19-15(14)9-18/h3-7H,10H2,1-2H3. The zero-order valence-corrected chi connectivity index (χ0v) is 11.3. The van der Waals surface area contributed by atoms with Gasteiger partial charge in [-0.1, -0.05) is 6.07 Å². The van der Waals surface area contributed by atoms with Crippen molar-refractivity contribution >= 4 is 0 Å². The van der Waals surface area contributed by atoms with E-state index in [9.17, 15) is 0 Å². The van der Waals surface area contributed by atoms with Gasteiger partial charge >= 0.3 is 0 Å². The van der Waals surface area contributed by atoms with Crippen LogP contribution in [0.4, 0.5) is 0 Å². The van der Waals surface area contributed by atoms with Gasteiger partial charge in [0.2, 0.25) is 0 Å². The molecule has 0 N–H and O–H groups in total. The fourth-order valence-electron chi connectivity index (χ4n) is 2.05. The van der Waals surface area contributed by atoms with Crippen molar-refractivity contribution in [3.05, 3.63) is 58.4 Å². The second kappa shape index (κ2) is 5.86. The molecule has 0 saturated heterocycles. The minimum Gasteiger partial charge on any atom is -0.488 e. The monoisotopic (exact) mass is 263 g/mol. The molecule has 0 fully saturated rings. The molecule has 1 heterocycles. The van der Waals surface area contributed by atoms with E-state index < -0.39 is 0 Å². The maximum absolute atomic E-state index is 8.99. The summed E-state index contributed by atoms with van der Waals surface area (Å²) in [5.74, 6) is 0.747. The van der Waals surface area contributed by atoms with E-state index >= 15 is 0 Å². The lowest BCUT2D eigenvalue weighted by Crippen LogP contribution is -2.02. The van der Waals surface area contributed by atoms with Crippen molar-refractivity contribution in [3.63, 3.8) is 0 Å². The zero-order valence-electron chi connectivity index (χ0n) is 11.3. The van der Waals surface area contributed by atoms with Crippen molar-refractivity contribution in [2.24, 2.45) is 0 Å². The quantitative estimate of drug-likeness (QED) is 0.853. The normalized spacial score (nSPS) is 9.60. The van der Waals surface area contributed by atoms with Gasteiger partial charge in [0.15, 0.2) is 0 Å². The van der Waals surface area contributed by atoms with Crippen LogP contribution in [0.2, 0.25) is 0 Å². The van der Waals surface area contributed by atoms with E-state index in [0.29, 0.717) is 11.3 Å². The Labute approximate surface area is 117 Å². The highest BCUT2D eigenvalue weighted by Crippen LogP contribution is 2.25. The van der Waals surface area contributed by atoms with Crippen LogP contribution in [-0.2, 0) is 6.61 Å². The van der Waals surface area contributed by atoms with E-state index in [1.54, 1.807) is 24.4 Å². The first-order valence-corrected chi connectivity index (χ1v) is 6.14. The molecule has 1 aromatic carbocycles. The number of rotatable bonds is 3. The Balaban J connectivity index is 2.24. The molecule has 0 spiro atoms. The molecule has 0 aliphatic rings. The smallest absolute Gasteiger partial charge is 0.147 e. The molecule has 0 aliphatic carbocycles. The number of hydrogen-bond donors (Lipinski definition) is 0. The van der Waals surface area contributed by atoms with Crippen molar-refractivity contribution in [1.29, 1.82) is 10.5 Å². The molecule has 0 radical (unpaired) electrons. The van der Waals surface area contributed by atoms with Gasteiger partial charge < -0.3 is 4.74 Å². The fourth-order valence-corrected chi connectivity index (χ4v) is 2.05. The van der Waals surface area contributed by atoms with E-state index in [1.165, 1.54) is 0 Å². The third kappa shape index (κ3) is 2.76. The van der Waals surface area contributed by atoms with Gasteiger partial charge in [-0.2, -0.15) is 10.5 Å². The highest BCUT2D eigenvalue weighted by Gasteiger charge is 2.08. The number of hydrogen-bond acceptors (Lipinski definition) is 4. The van der Waals surface area contributed by atoms with E-state index in [1.807, 2.05) is 26.0 Å². The van der Waals surface area contributed by atoms with Gasteiger partial charge in [0, 0.05) is 11.8 Å². The summed E-state index contributed by atoms with van der Waals surface area (Å²) in [5.41, 5.74) is 3.55. The van der Waals surface area contributed by atoms with Crippen LogP contribution in [0, 0.1) is 36.5 Å². The maximum Gasteiger partial charge on any atom is 0.147 e. The largest absolute Gasteiger partial charge is 0.488 e. The number of nitriles is 2. The maximum atomic E-state index is 8.99. The van der Waals surface area contributed by atoms with Crippen LogP contribution < -0.4 is 4.74 Å². The summed E-state index contributed by atoms with van der Waals surface area (Å²) in [5, 5.41) is 17.9. The second-order valence-electron chi connectivity index (χ2n) is 4.46. The Morgan fingerprint density at radius 2 is 1.85 bits per heavy atom. The average molecular weight is 263 g/mol. The van der Waals surface area contributed by atoms with Crippen molar-refractivity contribution in [3.8, 4) is 17.9 Å². The summed E-state index contributed by atoms with van der Waals surface area (Å²) >= 11 is 0. The third-order valence-electron chi connectivity index (χ3n) is 2.96. The molecular weight excluding hydrogens is 250 g/mol. The van der Waals surface area contributed by atoms with Crippen molar-refractivity contribution in [2.75, 3.05) is 0 Å². The van der Waals surface area contributed by atoms with Crippen molar-refractivity contribution in [1.82, 2.24) is 4.98 Å². The first-order valence-electron chi connectivity index (χ1n) is 6.14. The van der Waals surface area contributed by atoms with Gasteiger partial charge in [-0.25, -0.2) is 4.98 Å². The van der Waals surface area contributed by atoms with Crippen LogP contribution in [0.25, 0.3) is 0 Å². The lowest BCUT2D eigenvalue weighted by atomic mass is 10.1. The number of benzene rings is 1. The van der Waals surface area contributed by atoms with Crippen LogP contribution in [0.5, 0.6) is 5.75 Å². The molecule has 0 unspecified atom stereocenters. The molecule has 2 aromatic rings. The molecule has 20 heavy (non-hydrogen) atoms. The summed E-state index contributed by atoms with van der Waals surface area (Å²) in [6.45, 7) is 4.08. The van der Waals surface area contributed by atoms with Crippen LogP contribution in [0.3, 0.4) is 0 Å². The average Bonchev–Trinajstić information content (AvgIpc) is 2.46. The molecule has 98 valence electrons. The SMILES string of the molecule is Cc1cc(C#N)cc(C)c1OCc1cccnc1C#N. The minimum atomic E-state index is 0.282. The summed E-state index contributed by atoms with van der Waals surface area (Å²) in [4.78, 5) is 4.00. The molecule has 0 atom stereocenters. The van der Waals surface area contributed by atoms with Crippen LogP contribution in [-0.4, -0.2) is 4.98 Å². The van der Waals surface area contributed by atoms with Crippen molar-refractivity contribution < 1.29 is 4.74 Å². The Kier molecular flexibility index (Phi) is 3.98. The summed E-state index contributed by atoms with van der Waals surface area (Å²) in [7, 11) is 0. The molecule has 0 amide bonds.